The van der Waals surface area contributed by atoms with Crippen molar-refractivity contribution in [3.05, 3.63) is 61.2 Å². The zero-order valence-corrected chi connectivity index (χ0v) is 11.6. The van der Waals surface area contributed by atoms with Crippen LogP contribution in [0.15, 0.2) is 61.2 Å². The first-order chi connectivity index (χ1) is 6.00. The Balaban J connectivity index is 0. The summed E-state index contributed by atoms with van der Waals surface area (Å²) >= 11 is 0. The quantitative estimate of drug-likeness (QED) is 0.680. The van der Waals surface area contributed by atoms with Crippen molar-refractivity contribution in [1.29, 1.82) is 0 Å². The molecule has 0 aliphatic carbocycles. The van der Waals surface area contributed by atoms with Crippen molar-refractivity contribution in [1.82, 2.24) is 9.97 Å². The van der Waals surface area contributed by atoms with E-state index in [1.165, 1.54) is 0 Å². The molecular weight excluding hydrogens is 249 g/mol. The maximum Gasteiger partial charge on any atom is 0.0267 e. The number of aromatic nitrogens is 2. The molecular formula is C10H11ClN2Zn. The van der Waals surface area contributed by atoms with Gasteiger partial charge in [-0.15, -0.1) is 12.4 Å². The van der Waals surface area contributed by atoms with E-state index < -0.39 is 0 Å². The van der Waals surface area contributed by atoms with Crippen molar-refractivity contribution >= 4 is 12.4 Å². The van der Waals surface area contributed by atoms with Crippen LogP contribution in [0.2, 0.25) is 0 Å². The van der Waals surface area contributed by atoms with E-state index in [1.54, 1.807) is 24.8 Å². The Bertz CT molecular complexity index is 194. The van der Waals surface area contributed by atoms with Gasteiger partial charge in [0, 0.05) is 44.3 Å². The van der Waals surface area contributed by atoms with Gasteiger partial charge in [-0.2, -0.15) is 0 Å². The van der Waals surface area contributed by atoms with Gasteiger partial charge in [-0.05, 0) is 24.3 Å². The van der Waals surface area contributed by atoms with E-state index in [0.29, 0.717) is 0 Å². The summed E-state index contributed by atoms with van der Waals surface area (Å²) in [6.07, 6.45) is 7.00. The molecule has 0 aromatic carbocycles. The predicted octanol–water partition coefficient (Wildman–Crippen LogP) is 2.58. The largest absolute Gasteiger partial charge is 0.265 e. The molecule has 4 heteroatoms. The summed E-state index contributed by atoms with van der Waals surface area (Å²) in [5.74, 6) is 0. The monoisotopic (exact) mass is 258 g/mol. The fourth-order valence-corrected chi connectivity index (χ4v) is 0.625. The Labute approximate surface area is 103 Å². The Morgan fingerprint density at radius 2 is 0.786 bits per heavy atom. The summed E-state index contributed by atoms with van der Waals surface area (Å²) in [5, 5.41) is 0. The normalized spacial score (nSPS) is 6.86. The Morgan fingerprint density at radius 1 is 0.500 bits per heavy atom. The van der Waals surface area contributed by atoms with E-state index >= 15 is 0 Å². The minimum Gasteiger partial charge on any atom is -0.265 e. The molecule has 2 nitrogen and oxygen atoms in total. The molecule has 0 atom stereocenters. The standard InChI is InChI=1S/2C5H5N.ClH.Zn/c2*1-2-4-6-5-3-1;;/h2*1-5H;1H;. The molecule has 0 spiro atoms. The Morgan fingerprint density at radius 3 is 0.857 bits per heavy atom. The molecule has 0 N–H and O–H groups in total. The van der Waals surface area contributed by atoms with Crippen molar-refractivity contribution in [3.8, 4) is 0 Å². The number of pyridine rings is 2. The van der Waals surface area contributed by atoms with Crippen LogP contribution in [0.3, 0.4) is 0 Å². The van der Waals surface area contributed by atoms with E-state index in [2.05, 4.69) is 9.97 Å². The van der Waals surface area contributed by atoms with Gasteiger partial charge in [0.05, 0.1) is 0 Å². The van der Waals surface area contributed by atoms with E-state index in [4.69, 9.17) is 0 Å². The molecule has 14 heavy (non-hydrogen) atoms. The third-order valence-corrected chi connectivity index (χ3v) is 1.13. The van der Waals surface area contributed by atoms with Crippen molar-refractivity contribution in [3.63, 3.8) is 0 Å². The summed E-state index contributed by atoms with van der Waals surface area (Å²) in [4.78, 5) is 7.57. The molecule has 0 saturated heterocycles. The van der Waals surface area contributed by atoms with Gasteiger partial charge in [0.15, 0.2) is 0 Å². The smallest absolute Gasteiger partial charge is 0.0267 e. The minimum atomic E-state index is 0. The Kier molecular flexibility index (Phi) is 13.7. The number of rotatable bonds is 0. The third-order valence-electron chi connectivity index (χ3n) is 1.13. The molecule has 0 aliphatic rings. The van der Waals surface area contributed by atoms with Crippen LogP contribution in [-0.4, -0.2) is 9.97 Å². The van der Waals surface area contributed by atoms with Crippen LogP contribution in [0.1, 0.15) is 0 Å². The van der Waals surface area contributed by atoms with Gasteiger partial charge in [-0.3, -0.25) is 9.97 Å². The Hall–Kier alpha value is -0.787. The molecule has 0 unspecified atom stereocenters. The molecule has 2 aromatic heterocycles. The number of nitrogens with zero attached hydrogens (tertiary/aromatic N) is 2. The average molecular weight is 260 g/mol. The van der Waals surface area contributed by atoms with Crippen LogP contribution in [0.4, 0.5) is 0 Å². The van der Waals surface area contributed by atoms with Crippen molar-refractivity contribution in [2.75, 3.05) is 0 Å². The van der Waals surface area contributed by atoms with Gasteiger partial charge in [0.1, 0.15) is 0 Å². The molecule has 0 radical (unpaired) electrons. The van der Waals surface area contributed by atoms with Gasteiger partial charge in [0.2, 0.25) is 0 Å². The maximum absolute atomic E-state index is 3.78. The second-order valence-corrected chi connectivity index (χ2v) is 2.05. The van der Waals surface area contributed by atoms with Gasteiger partial charge in [-0.25, -0.2) is 0 Å². The molecule has 0 fully saturated rings. The van der Waals surface area contributed by atoms with Crippen LogP contribution in [0, 0.1) is 0 Å². The molecule has 2 heterocycles. The zero-order valence-electron chi connectivity index (χ0n) is 7.78. The maximum atomic E-state index is 3.78. The van der Waals surface area contributed by atoms with Crippen LogP contribution >= 0.6 is 12.4 Å². The van der Waals surface area contributed by atoms with Gasteiger partial charge >= 0.3 is 0 Å². The molecule has 0 saturated carbocycles. The van der Waals surface area contributed by atoms with E-state index in [1.807, 2.05) is 36.4 Å². The average Bonchev–Trinajstić information content (AvgIpc) is 2.24. The summed E-state index contributed by atoms with van der Waals surface area (Å²) < 4.78 is 0. The summed E-state index contributed by atoms with van der Waals surface area (Å²) in [6.45, 7) is 0. The summed E-state index contributed by atoms with van der Waals surface area (Å²) in [6, 6.07) is 11.4. The fraction of sp³-hybridized carbons (Fsp3) is 0. The van der Waals surface area contributed by atoms with Crippen LogP contribution < -0.4 is 0 Å². The van der Waals surface area contributed by atoms with Crippen molar-refractivity contribution in [2.45, 2.75) is 0 Å². The first-order valence-electron chi connectivity index (χ1n) is 3.70. The van der Waals surface area contributed by atoms with Gasteiger partial charge in [0.25, 0.3) is 0 Å². The van der Waals surface area contributed by atoms with Crippen LogP contribution in [0.5, 0.6) is 0 Å². The van der Waals surface area contributed by atoms with Crippen molar-refractivity contribution < 1.29 is 19.5 Å². The first kappa shape index (κ1) is 15.7. The molecule has 0 bridgehead atoms. The van der Waals surface area contributed by atoms with Gasteiger partial charge < -0.3 is 0 Å². The SMILES string of the molecule is Cl.[Zn].c1ccncc1.c1ccncc1. The van der Waals surface area contributed by atoms with Gasteiger partial charge in [-0.1, -0.05) is 12.1 Å². The molecule has 0 aliphatic heterocycles. The van der Waals surface area contributed by atoms with Crippen LogP contribution in [0.25, 0.3) is 0 Å². The first-order valence-corrected chi connectivity index (χ1v) is 3.70. The second-order valence-electron chi connectivity index (χ2n) is 2.05. The van der Waals surface area contributed by atoms with E-state index in [9.17, 15) is 0 Å². The molecule has 2 rings (SSSR count). The van der Waals surface area contributed by atoms with Crippen molar-refractivity contribution in [2.24, 2.45) is 0 Å². The minimum absolute atomic E-state index is 0. The third kappa shape index (κ3) is 9.30. The number of halogens is 1. The van der Waals surface area contributed by atoms with Crippen LogP contribution in [-0.2, 0) is 19.5 Å². The molecule has 0 amide bonds. The number of hydrogen-bond acceptors (Lipinski definition) is 2. The second kappa shape index (κ2) is 12.2. The van der Waals surface area contributed by atoms with E-state index in [-0.39, 0.29) is 31.9 Å². The topological polar surface area (TPSA) is 25.8 Å². The fourth-order valence-electron chi connectivity index (χ4n) is 0.625. The number of hydrogen-bond donors (Lipinski definition) is 0. The predicted molar refractivity (Wildman–Crippen MR) is 55.7 cm³/mol. The summed E-state index contributed by atoms with van der Waals surface area (Å²) in [5.41, 5.74) is 0. The van der Waals surface area contributed by atoms with E-state index in [0.717, 1.165) is 0 Å². The molecule has 70 valence electrons. The summed E-state index contributed by atoms with van der Waals surface area (Å²) in [7, 11) is 0. The zero-order chi connectivity index (χ0) is 8.49. The molecule has 2 aromatic rings.